The molecule has 0 aliphatic heterocycles. The van der Waals surface area contributed by atoms with Crippen LogP contribution < -0.4 is 20.7 Å². The van der Waals surface area contributed by atoms with Gasteiger partial charge in [0.15, 0.2) is 6.10 Å². The number of amides is 4. The molecule has 0 saturated heterocycles. The predicted octanol–water partition coefficient (Wildman–Crippen LogP) is 4.14. The molecule has 0 bridgehead atoms. The van der Waals surface area contributed by atoms with E-state index in [2.05, 4.69) is 20.9 Å². The highest BCUT2D eigenvalue weighted by Crippen LogP contribution is 2.26. The van der Waals surface area contributed by atoms with Crippen LogP contribution in [0.2, 0.25) is 5.02 Å². The summed E-state index contributed by atoms with van der Waals surface area (Å²) in [6.45, 7) is 2.12. The van der Waals surface area contributed by atoms with Gasteiger partial charge in [-0.1, -0.05) is 23.7 Å². The molecule has 0 heterocycles. The van der Waals surface area contributed by atoms with Crippen LogP contribution in [0.15, 0.2) is 53.5 Å². The summed E-state index contributed by atoms with van der Waals surface area (Å²) < 4.78 is 43.2. The number of hydrogen-bond donors (Lipinski definition) is 3. The fourth-order valence-electron chi connectivity index (χ4n) is 2.82. The first-order chi connectivity index (χ1) is 17.4. The second-order valence-electron chi connectivity index (χ2n) is 7.78. The first-order valence-electron chi connectivity index (χ1n) is 11.1. The number of carbonyl (C=O) groups excluding carboxylic acids is 3. The summed E-state index contributed by atoms with van der Waals surface area (Å²) in [5, 5.41) is 8.05. The van der Waals surface area contributed by atoms with Crippen LogP contribution in [0.3, 0.4) is 0 Å². The Morgan fingerprint density at radius 3 is 2.24 bits per heavy atom. The van der Waals surface area contributed by atoms with Crippen LogP contribution in [-0.4, -0.2) is 54.6 Å². The molecule has 2 aromatic rings. The largest absolute Gasteiger partial charge is 0.481 e. The Morgan fingerprint density at radius 2 is 1.70 bits per heavy atom. The van der Waals surface area contributed by atoms with Gasteiger partial charge in [-0.2, -0.15) is 13.2 Å². The van der Waals surface area contributed by atoms with Crippen molar-refractivity contribution in [3.8, 4) is 5.75 Å². The van der Waals surface area contributed by atoms with Gasteiger partial charge >= 0.3 is 12.2 Å². The molecule has 3 N–H and O–H groups in total. The van der Waals surface area contributed by atoms with Gasteiger partial charge < -0.3 is 15.4 Å². The number of alkyl halides is 3. The molecule has 0 unspecified atom stereocenters. The van der Waals surface area contributed by atoms with E-state index < -0.39 is 24.2 Å². The van der Waals surface area contributed by atoms with E-state index in [1.165, 1.54) is 38.2 Å². The number of nitrogens with one attached hydrogen (secondary N) is 3. The van der Waals surface area contributed by atoms with Crippen LogP contribution in [0.1, 0.15) is 25.8 Å². The second-order valence-corrected chi connectivity index (χ2v) is 8.22. The lowest BCUT2D eigenvalue weighted by molar-refractivity contribution is -0.189. The number of carbonyl (C=O) groups is 3. The fraction of sp³-hybridized carbons (Fsp3) is 0.333. The Bertz CT molecular complexity index is 1110. The average molecular weight is 542 g/mol. The molecule has 0 fully saturated rings. The van der Waals surface area contributed by atoms with Crippen molar-refractivity contribution < 1.29 is 32.3 Å². The van der Waals surface area contributed by atoms with E-state index in [0.717, 1.165) is 11.8 Å². The highest BCUT2D eigenvalue weighted by Gasteiger charge is 2.38. The summed E-state index contributed by atoms with van der Waals surface area (Å²) in [5.41, 5.74) is 0.892. The summed E-state index contributed by atoms with van der Waals surface area (Å²) in [7, 11) is 1.47. The zero-order valence-corrected chi connectivity index (χ0v) is 21.1. The normalized spacial score (nSPS) is 12.4. The molecule has 1 atom stereocenters. The minimum Gasteiger partial charge on any atom is -0.481 e. The molecule has 2 aromatic carbocycles. The standard InChI is InChI=1S/C24H27ClF3N5O4/c1-15(24(26,27)28)37-20-10-8-19(9-11-20)32-22(31-16(2)34)33(14-17-4-6-18(25)7-5-17)23(36)30-13-12-21(35)29-3/h4-11,15H,12-14H2,1-3H3,(H,29,35)(H,30,36)(H,31,32,34)/t15-/m1/s1. The van der Waals surface area contributed by atoms with Crippen molar-refractivity contribution in [3.05, 3.63) is 59.1 Å². The number of urea groups is 1. The van der Waals surface area contributed by atoms with E-state index in [-0.39, 0.29) is 42.8 Å². The van der Waals surface area contributed by atoms with Gasteiger partial charge in [-0.05, 0) is 48.9 Å². The van der Waals surface area contributed by atoms with E-state index in [1.54, 1.807) is 24.3 Å². The molecular weight excluding hydrogens is 515 g/mol. The number of benzene rings is 2. The summed E-state index contributed by atoms with van der Waals surface area (Å²) in [6.07, 6.45) is -6.50. The molecule has 9 nitrogen and oxygen atoms in total. The van der Waals surface area contributed by atoms with Crippen molar-refractivity contribution in [2.24, 2.45) is 4.99 Å². The number of halogens is 4. The van der Waals surface area contributed by atoms with E-state index in [9.17, 15) is 27.6 Å². The fourth-order valence-corrected chi connectivity index (χ4v) is 2.95. The minimum atomic E-state index is -4.53. The molecule has 0 saturated carbocycles. The maximum absolute atomic E-state index is 13.1. The molecule has 4 amide bonds. The first-order valence-corrected chi connectivity index (χ1v) is 11.5. The third-order valence-electron chi connectivity index (χ3n) is 4.80. The van der Waals surface area contributed by atoms with Gasteiger partial charge in [0.1, 0.15) is 5.75 Å². The lowest BCUT2D eigenvalue weighted by Crippen LogP contribution is -2.50. The maximum atomic E-state index is 13.1. The maximum Gasteiger partial charge on any atom is 0.425 e. The lowest BCUT2D eigenvalue weighted by atomic mass is 10.2. The zero-order valence-electron chi connectivity index (χ0n) is 20.4. The van der Waals surface area contributed by atoms with Gasteiger partial charge in [-0.3, -0.25) is 19.8 Å². The number of hydrogen-bond acceptors (Lipinski definition) is 5. The van der Waals surface area contributed by atoms with Crippen LogP contribution in [0, 0.1) is 0 Å². The Morgan fingerprint density at radius 1 is 1.08 bits per heavy atom. The Kier molecular flexibility index (Phi) is 10.7. The topological polar surface area (TPSA) is 112 Å². The van der Waals surface area contributed by atoms with Gasteiger partial charge in [0.05, 0.1) is 12.2 Å². The van der Waals surface area contributed by atoms with Crippen LogP contribution in [0.4, 0.5) is 23.7 Å². The molecule has 0 aliphatic rings. The zero-order chi connectivity index (χ0) is 27.6. The number of aliphatic imine (C=N–C) groups is 1. The third-order valence-corrected chi connectivity index (χ3v) is 5.05. The van der Waals surface area contributed by atoms with Crippen LogP contribution in [-0.2, 0) is 16.1 Å². The molecule has 0 radical (unpaired) electrons. The highest BCUT2D eigenvalue weighted by molar-refractivity contribution is 6.30. The van der Waals surface area contributed by atoms with Gasteiger partial charge in [0.2, 0.25) is 17.8 Å². The predicted molar refractivity (Wildman–Crippen MR) is 133 cm³/mol. The molecule has 0 aromatic heterocycles. The van der Waals surface area contributed by atoms with E-state index >= 15 is 0 Å². The summed E-state index contributed by atoms with van der Waals surface area (Å²) in [6, 6.07) is 11.3. The second kappa shape index (κ2) is 13.5. The molecule has 37 heavy (non-hydrogen) atoms. The smallest absolute Gasteiger partial charge is 0.425 e. The third kappa shape index (κ3) is 10.00. The summed E-state index contributed by atoms with van der Waals surface area (Å²) >= 11 is 5.95. The molecule has 200 valence electrons. The van der Waals surface area contributed by atoms with Crippen molar-refractivity contribution in [2.45, 2.75) is 39.1 Å². The lowest BCUT2D eigenvalue weighted by Gasteiger charge is -2.25. The summed E-state index contributed by atoms with van der Waals surface area (Å²) in [4.78, 5) is 42.0. The Hall–Kier alpha value is -3.80. The van der Waals surface area contributed by atoms with Crippen molar-refractivity contribution in [1.29, 1.82) is 0 Å². The Labute approximate surface area is 217 Å². The van der Waals surface area contributed by atoms with Gasteiger partial charge in [-0.15, -0.1) is 0 Å². The van der Waals surface area contributed by atoms with E-state index in [1.807, 2.05) is 0 Å². The van der Waals surface area contributed by atoms with E-state index in [4.69, 9.17) is 16.3 Å². The van der Waals surface area contributed by atoms with Crippen LogP contribution in [0.5, 0.6) is 5.75 Å². The highest BCUT2D eigenvalue weighted by atomic mass is 35.5. The van der Waals surface area contributed by atoms with Gasteiger partial charge in [-0.25, -0.2) is 9.79 Å². The molecular formula is C24H27ClF3N5O4. The van der Waals surface area contributed by atoms with Crippen LogP contribution in [0.25, 0.3) is 0 Å². The molecule has 2 rings (SSSR count). The number of ether oxygens (including phenoxy) is 1. The van der Waals surface area contributed by atoms with Crippen LogP contribution >= 0.6 is 11.6 Å². The molecule has 0 spiro atoms. The molecule has 13 heteroatoms. The minimum absolute atomic E-state index is 0.0202. The van der Waals surface area contributed by atoms with Gasteiger partial charge in [0.25, 0.3) is 0 Å². The van der Waals surface area contributed by atoms with Crippen molar-refractivity contribution in [3.63, 3.8) is 0 Å². The van der Waals surface area contributed by atoms with Crippen molar-refractivity contribution in [2.75, 3.05) is 13.6 Å². The van der Waals surface area contributed by atoms with Crippen molar-refractivity contribution >= 4 is 41.1 Å². The number of nitrogens with zero attached hydrogens (tertiary/aromatic N) is 2. The number of guanidine groups is 1. The van der Waals surface area contributed by atoms with E-state index in [0.29, 0.717) is 10.6 Å². The SMILES string of the molecule is CNC(=O)CCNC(=O)N(Cc1ccc(Cl)cc1)C(=Nc1ccc(O[C@H](C)C(F)(F)F)cc1)NC(C)=O. The molecule has 0 aliphatic carbocycles. The quantitative estimate of drug-likeness (QED) is 0.344. The van der Waals surface area contributed by atoms with Gasteiger partial charge in [0, 0.05) is 32.0 Å². The monoisotopic (exact) mass is 541 g/mol. The Balaban J connectivity index is 2.35. The summed E-state index contributed by atoms with van der Waals surface area (Å²) in [5.74, 6) is -0.966. The number of rotatable bonds is 8. The van der Waals surface area contributed by atoms with Crippen molar-refractivity contribution in [1.82, 2.24) is 20.9 Å². The first kappa shape index (κ1) is 29.4. The average Bonchev–Trinajstić information content (AvgIpc) is 2.83.